The largest absolute Gasteiger partial charge is 0.494 e. The number of aryl methyl sites for hydroxylation is 2. The minimum absolute atomic E-state index is 0.0951. The molecule has 0 aliphatic rings. The molecule has 0 aliphatic heterocycles. The molecule has 0 saturated heterocycles. The summed E-state index contributed by atoms with van der Waals surface area (Å²) in [5.74, 6) is 0.252. The molecule has 0 fully saturated rings. The minimum atomic E-state index is -0.728. The van der Waals surface area contributed by atoms with Crippen molar-refractivity contribution in [1.82, 2.24) is 0 Å². The lowest BCUT2D eigenvalue weighted by Gasteiger charge is -2.21. The summed E-state index contributed by atoms with van der Waals surface area (Å²) in [6.07, 6.45) is 3.08. The lowest BCUT2D eigenvalue weighted by molar-refractivity contribution is -0.137. The SMILES string of the molecule is CCCOc1cc(C)c(C(CCC)CC(=O)O)c(C)c1. The van der Waals surface area contributed by atoms with Gasteiger partial charge < -0.3 is 9.84 Å². The second-order valence-electron chi connectivity index (χ2n) is 5.40. The van der Waals surface area contributed by atoms with Gasteiger partial charge in [0.05, 0.1) is 13.0 Å². The Labute approximate surface area is 122 Å². The Morgan fingerprint density at radius 1 is 1.20 bits per heavy atom. The van der Waals surface area contributed by atoms with Gasteiger partial charge in [0.1, 0.15) is 5.75 Å². The van der Waals surface area contributed by atoms with Crippen molar-refractivity contribution in [2.45, 2.75) is 59.3 Å². The fourth-order valence-electron chi connectivity index (χ4n) is 2.79. The van der Waals surface area contributed by atoms with Crippen molar-refractivity contribution in [3.8, 4) is 5.75 Å². The van der Waals surface area contributed by atoms with Crippen molar-refractivity contribution in [3.05, 3.63) is 28.8 Å². The van der Waals surface area contributed by atoms with E-state index in [1.54, 1.807) is 0 Å². The second-order valence-corrected chi connectivity index (χ2v) is 5.40. The van der Waals surface area contributed by atoms with E-state index in [2.05, 4.69) is 13.8 Å². The normalized spacial score (nSPS) is 12.2. The molecule has 1 rings (SSSR count). The van der Waals surface area contributed by atoms with E-state index in [-0.39, 0.29) is 12.3 Å². The summed E-state index contributed by atoms with van der Waals surface area (Å²) in [7, 11) is 0. The molecule has 3 heteroatoms. The van der Waals surface area contributed by atoms with Crippen LogP contribution in [0.4, 0.5) is 0 Å². The molecule has 1 aromatic carbocycles. The number of hydrogen-bond donors (Lipinski definition) is 1. The molecule has 1 atom stereocenters. The average Bonchev–Trinajstić information content (AvgIpc) is 2.35. The number of carboxylic acids is 1. The standard InChI is InChI=1S/C17H26O3/c1-5-7-14(11-16(18)19)17-12(3)9-15(10-13(17)4)20-8-6-2/h9-10,14H,5-8,11H2,1-4H3,(H,18,19). The van der Waals surface area contributed by atoms with E-state index < -0.39 is 5.97 Å². The van der Waals surface area contributed by atoms with E-state index in [0.717, 1.165) is 36.1 Å². The van der Waals surface area contributed by atoms with Gasteiger partial charge in [-0.15, -0.1) is 0 Å². The third-order valence-corrected chi connectivity index (χ3v) is 3.51. The zero-order valence-corrected chi connectivity index (χ0v) is 13.0. The Morgan fingerprint density at radius 3 is 2.25 bits per heavy atom. The van der Waals surface area contributed by atoms with Crippen LogP contribution in [0.25, 0.3) is 0 Å². The average molecular weight is 278 g/mol. The molecule has 1 aromatic rings. The van der Waals surface area contributed by atoms with Gasteiger partial charge in [0.25, 0.3) is 0 Å². The van der Waals surface area contributed by atoms with E-state index in [9.17, 15) is 4.79 Å². The highest BCUT2D eigenvalue weighted by Crippen LogP contribution is 2.33. The van der Waals surface area contributed by atoms with E-state index in [4.69, 9.17) is 9.84 Å². The molecule has 0 heterocycles. The van der Waals surface area contributed by atoms with Gasteiger partial charge in [-0.3, -0.25) is 4.79 Å². The summed E-state index contributed by atoms with van der Waals surface area (Å²) in [6.45, 7) is 8.99. The minimum Gasteiger partial charge on any atom is -0.494 e. The molecule has 0 aromatic heterocycles. The first-order valence-corrected chi connectivity index (χ1v) is 7.45. The Morgan fingerprint density at radius 2 is 1.80 bits per heavy atom. The van der Waals surface area contributed by atoms with E-state index >= 15 is 0 Å². The Kier molecular flexibility index (Phi) is 6.56. The molecule has 1 unspecified atom stereocenters. The first-order valence-electron chi connectivity index (χ1n) is 7.45. The lowest BCUT2D eigenvalue weighted by Crippen LogP contribution is -2.10. The van der Waals surface area contributed by atoms with Crippen LogP contribution in [0.5, 0.6) is 5.75 Å². The van der Waals surface area contributed by atoms with Crippen LogP contribution in [0.3, 0.4) is 0 Å². The fourth-order valence-corrected chi connectivity index (χ4v) is 2.79. The van der Waals surface area contributed by atoms with Crippen LogP contribution >= 0.6 is 0 Å². The molecule has 20 heavy (non-hydrogen) atoms. The maximum atomic E-state index is 11.1. The van der Waals surface area contributed by atoms with Crippen LogP contribution in [-0.4, -0.2) is 17.7 Å². The first-order chi connectivity index (χ1) is 9.49. The van der Waals surface area contributed by atoms with Crippen LogP contribution in [0.1, 0.15) is 62.1 Å². The summed E-state index contributed by atoms with van der Waals surface area (Å²) in [4.78, 5) is 11.1. The number of benzene rings is 1. The summed E-state index contributed by atoms with van der Waals surface area (Å²) in [5.41, 5.74) is 3.45. The number of carboxylic acid groups (broad SMARTS) is 1. The topological polar surface area (TPSA) is 46.5 Å². The number of hydrogen-bond acceptors (Lipinski definition) is 2. The van der Waals surface area contributed by atoms with Crippen LogP contribution < -0.4 is 4.74 Å². The van der Waals surface area contributed by atoms with Crippen molar-refractivity contribution < 1.29 is 14.6 Å². The molecule has 0 aliphatic carbocycles. The Balaban J connectivity index is 3.05. The van der Waals surface area contributed by atoms with E-state index in [1.807, 2.05) is 26.0 Å². The second kappa shape index (κ2) is 7.93. The highest BCUT2D eigenvalue weighted by Gasteiger charge is 2.19. The predicted molar refractivity (Wildman–Crippen MR) is 81.6 cm³/mol. The smallest absolute Gasteiger partial charge is 0.303 e. The fraction of sp³-hybridized carbons (Fsp3) is 0.588. The Hall–Kier alpha value is -1.51. The first kappa shape index (κ1) is 16.5. The van der Waals surface area contributed by atoms with Gasteiger partial charge in [-0.2, -0.15) is 0 Å². The molecule has 0 amide bonds. The molecular weight excluding hydrogens is 252 g/mol. The van der Waals surface area contributed by atoms with Gasteiger partial charge in [-0.05, 0) is 61.4 Å². The molecule has 0 bridgehead atoms. The predicted octanol–water partition coefficient (Wildman–Crippen LogP) is 4.45. The van der Waals surface area contributed by atoms with Crippen molar-refractivity contribution in [1.29, 1.82) is 0 Å². The van der Waals surface area contributed by atoms with Gasteiger partial charge in [0.2, 0.25) is 0 Å². The molecule has 112 valence electrons. The zero-order valence-electron chi connectivity index (χ0n) is 13.0. The van der Waals surface area contributed by atoms with Crippen molar-refractivity contribution >= 4 is 5.97 Å². The van der Waals surface area contributed by atoms with Crippen molar-refractivity contribution in [3.63, 3.8) is 0 Å². The van der Waals surface area contributed by atoms with Gasteiger partial charge >= 0.3 is 5.97 Å². The monoisotopic (exact) mass is 278 g/mol. The number of aliphatic carboxylic acids is 1. The molecule has 1 N–H and O–H groups in total. The quantitative estimate of drug-likeness (QED) is 0.764. The summed E-state index contributed by atoms with van der Waals surface area (Å²) < 4.78 is 5.68. The van der Waals surface area contributed by atoms with Gasteiger partial charge in [0, 0.05) is 0 Å². The highest BCUT2D eigenvalue weighted by molar-refractivity contribution is 5.68. The van der Waals surface area contributed by atoms with Crippen LogP contribution in [0.2, 0.25) is 0 Å². The van der Waals surface area contributed by atoms with Crippen LogP contribution in [0.15, 0.2) is 12.1 Å². The number of carbonyl (C=O) groups is 1. The van der Waals surface area contributed by atoms with Gasteiger partial charge in [-0.1, -0.05) is 20.3 Å². The maximum Gasteiger partial charge on any atom is 0.303 e. The van der Waals surface area contributed by atoms with E-state index in [1.165, 1.54) is 5.56 Å². The number of rotatable bonds is 8. The summed E-state index contributed by atoms with van der Waals surface area (Å²) in [6, 6.07) is 4.06. The lowest BCUT2D eigenvalue weighted by atomic mass is 9.85. The third kappa shape index (κ3) is 4.55. The molecule has 0 saturated carbocycles. The van der Waals surface area contributed by atoms with Crippen LogP contribution in [-0.2, 0) is 4.79 Å². The van der Waals surface area contributed by atoms with Crippen molar-refractivity contribution in [2.24, 2.45) is 0 Å². The Bertz CT molecular complexity index is 429. The zero-order chi connectivity index (χ0) is 15.1. The molecule has 3 nitrogen and oxygen atoms in total. The molecular formula is C17H26O3. The van der Waals surface area contributed by atoms with Gasteiger partial charge in [0.15, 0.2) is 0 Å². The summed E-state index contributed by atoms with van der Waals surface area (Å²) in [5, 5.41) is 9.10. The molecule has 0 spiro atoms. The van der Waals surface area contributed by atoms with Gasteiger partial charge in [-0.25, -0.2) is 0 Å². The third-order valence-electron chi connectivity index (χ3n) is 3.51. The van der Waals surface area contributed by atoms with Crippen molar-refractivity contribution in [2.75, 3.05) is 6.61 Å². The van der Waals surface area contributed by atoms with Crippen LogP contribution in [0, 0.1) is 13.8 Å². The highest BCUT2D eigenvalue weighted by atomic mass is 16.5. The number of ether oxygens (including phenoxy) is 1. The summed E-state index contributed by atoms with van der Waals surface area (Å²) >= 11 is 0. The maximum absolute atomic E-state index is 11.1. The van der Waals surface area contributed by atoms with E-state index in [0.29, 0.717) is 6.61 Å². The molecule has 0 radical (unpaired) electrons.